The molecule has 3 rings (SSSR count). The lowest BCUT2D eigenvalue weighted by molar-refractivity contribution is -0.130. The van der Waals surface area contributed by atoms with E-state index in [1.807, 2.05) is 58.2 Å². The van der Waals surface area contributed by atoms with Gasteiger partial charge in [-0.2, -0.15) is 0 Å². The van der Waals surface area contributed by atoms with E-state index in [1.54, 1.807) is 0 Å². The second-order valence-corrected chi connectivity index (χ2v) is 14.1. The molecule has 0 aliphatic carbocycles. The molecule has 0 heterocycles. The normalized spacial score (nSPS) is 12.3. The fraction of sp³-hybridized carbons (Fsp3) is 0.474. The number of benzene rings is 3. The minimum atomic E-state index is -0.310. The molecular formula is C38H55N3O3. The first-order valence-electron chi connectivity index (χ1n) is 15.7. The standard InChI is InChI=1S/C24H41N3O2.C14H14O/c1-17(2)14-20(22(29)25-15-21(28)26-24(6,7)8)27(9)16-18-10-12-19(13-11-18)23(3,4)5;1-12-7-9-14(10-8-12)15-11-13-5-3-2-4-6-13/h10-13,17,20H,14-16H2,1-9H3,(H,25,29)(H,26,28);2-10H,11H2,1H3. The van der Waals surface area contributed by atoms with Crippen molar-refractivity contribution in [1.29, 1.82) is 0 Å². The van der Waals surface area contributed by atoms with Crippen molar-refractivity contribution in [1.82, 2.24) is 15.5 Å². The lowest BCUT2D eigenvalue weighted by Gasteiger charge is -2.29. The molecule has 6 heteroatoms. The van der Waals surface area contributed by atoms with Crippen molar-refractivity contribution in [3.63, 3.8) is 0 Å². The summed E-state index contributed by atoms with van der Waals surface area (Å²) in [6.07, 6.45) is 0.739. The smallest absolute Gasteiger partial charge is 0.239 e. The Balaban J connectivity index is 0.000000373. The highest BCUT2D eigenvalue weighted by molar-refractivity contribution is 5.87. The quantitative estimate of drug-likeness (QED) is 0.240. The Hall–Kier alpha value is -3.64. The largest absolute Gasteiger partial charge is 0.489 e. The van der Waals surface area contributed by atoms with E-state index in [0.717, 1.165) is 12.2 Å². The number of carbonyl (C=O) groups is 2. The van der Waals surface area contributed by atoms with Crippen LogP contribution in [-0.4, -0.2) is 41.9 Å². The molecule has 2 amide bonds. The summed E-state index contributed by atoms with van der Waals surface area (Å²) in [7, 11) is 1.97. The summed E-state index contributed by atoms with van der Waals surface area (Å²) in [4.78, 5) is 26.9. The average Bonchev–Trinajstić information content (AvgIpc) is 2.94. The summed E-state index contributed by atoms with van der Waals surface area (Å²) in [5.41, 5.74) is 4.73. The van der Waals surface area contributed by atoms with Crippen LogP contribution in [-0.2, 0) is 28.2 Å². The Kier molecular flexibility index (Phi) is 14.1. The number of ether oxygens (including phenoxy) is 1. The van der Waals surface area contributed by atoms with Gasteiger partial charge in [-0.3, -0.25) is 14.5 Å². The summed E-state index contributed by atoms with van der Waals surface area (Å²) in [6, 6.07) is 26.6. The number of hydrogen-bond donors (Lipinski definition) is 2. The number of carbonyl (C=O) groups excluding carboxylic acids is 2. The molecule has 0 bridgehead atoms. The first-order chi connectivity index (χ1) is 20.5. The highest BCUT2D eigenvalue weighted by Crippen LogP contribution is 2.23. The zero-order valence-electron chi connectivity index (χ0n) is 28.7. The van der Waals surface area contributed by atoms with Crippen LogP contribution in [0.25, 0.3) is 0 Å². The molecule has 0 fully saturated rings. The SMILES string of the molecule is CC(C)CC(C(=O)NCC(=O)NC(C)(C)C)N(C)Cc1ccc(C(C)(C)C)cc1.Cc1ccc(OCc2ccccc2)cc1. The van der Waals surface area contributed by atoms with Gasteiger partial charge in [-0.15, -0.1) is 0 Å². The highest BCUT2D eigenvalue weighted by atomic mass is 16.5. The number of aryl methyl sites for hydroxylation is 1. The summed E-state index contributed by atoms with van der Waals surface area (Å²) in [5.74, 6) is 1.02. The van der Waals surface area contributed by atoms with E-state index in [4.69, 9.17) is 4.74 Å². The summed E-state index contributed by atoms with van der Waals surface area (Å²) < 4.78 is 5.65. The van der Waals surface area contributed by atoms with Gasteiger partial charge in [-0.25, -0.2) is 0 Å². The van der Waals surface area contributed by atoms with Gasteiger partial charge in [-0.05, 0) is 81.3 Å². The zero-order chi connectivity index (χ0) is 32.9. The molecule has 0 aliphatic rings. The number of amides is 2. The molecule has 0 radical (unpaired) electrons. The van der Waals surface area contributed by atoms with Crippen molar-refractivity contribution in [3.05, 3.63) is 101 Å². The molecule has 0 saturated carbocycles. The zero-order valence-corrected chi connectivity index (χ0v) is 28.7. The lowest BCUT2D eigenvalue weighted by Crippen LogP contribution is -2.50. The molecule has 0 spiro atoms. The van der Waals surface area contributed by atoms with E-state index in [-0.39, 0.29) is 35.4 Å². The van der Waals surface area contributed by atoms with Gasteiger partial charge in [0.25, 0.3) is 0 Å². The van der Waals surface area contributed by atoms with E-state index >= 15 is 0 Å². The third-order valence-corrected chi connectivity index (χ3v) is 6.99. The maximum absolute atomic E-state index is 12.8. The summed E-state index contributed by atoms with van der Waals surface area (Å²) >= 11 is 0. The molecule has 44 heavy (non-hydrogen) atoms. The van der Waals surface area contributed by atoms with Gasteiger partial charge in [0.2, 0.25) is 11.8 Å². The molecular weight excluding hydrogens is 546 g/mol. The van der Waals surface area contributed by atoms with E-state index < -0.39 is 0 Å². The van der Waals surface area contributed by atoms with Gasteiger partial charge in [0, 0.05) is 12.1 Å². The van der Waals surface area contributed by atoms with E-state index in [9.17, 15) is 9.59 Å². The Morgan fingerprint density at radius 1 is 0.818 bits per heavy atom. The number of rotatable bonds is 11. The first kappa shape index (κ1) is 36.6. The summed E-state index contributed by atoms with van der Waals surface area (Å²) in [6.45, 7) is 20.0. The van der Waals surface area contributed by atoms with Gasteiger partial charge >= 0.3 is 0 Å². The van der Waals surface area contributed by atoms with Gasteiger partial charge in [0.05, 0.1) is 12.6 Å². The van der Waals surface area contributed by atoms with Crippen LogP contribution in [0.2, 0.25) is 0 Å². The van der Waals surface area contributed by atoms with Crippen molar-refractivity contribution in [2.45, 2.75) is 98.9 Å². The molecule has 0 aromatic heterocycles. The van der Waals surface area contributed by atoms with Crippen molar-refractivity contribution in [2.24, 2.45) is 5.92 Å². The lowest BCUT2D eigenvalue weighted by atomic mass is 9.86. The van der Waals surface area contributed by atoms with Crippen LogP contribution in [0.5, 0.6) is 5.75 Å². The molecule has 1 atom stereocenters. The molecule has 3 aromatic rings. The van der Waals surface area contributed by atoms with Gasteiger partial charge in [0.1, 0.15) is 12.4 Å². The maximum atomic E-state index is 12.8. The molecule has 240 valence electrons. The molecule has 2 N–H and O–H groups in total. The van der Waals surface area contributed by atoms with Crippen molar-refractivity contribution in [2.75, 3.05) is 13.6 Å². The van der Waals surface area contributed by atoms with E-state index in [1.165, 1.54) is 22.3 Å². The van der Waals surface area contributed by atoms with Crippen molar-refractivity contribution in [3.8, 4) is 5.75 Å². The van der Waals surface area contributed by atoms with Crippen molar-refractivity contribution < 1.29 is 14.3 Å². The van der Waals surface area contributed by atoms with Crippen LogP contribution in [0, 0.1) is 12.8 Å². The Morgan fingerprint density at radius 2 is 1.41 bits per heavy atom. The van der Waals surface area contributed by atoms with Gasteiger partial charge < -0.3 is 15.4 Å². The molecule has 3 aromatic carbocycles. The van der Waals surface area contributed by atoms with Crippen LogP contribution < -0.4 is 15.4 Å². The Morgan fingerprint density at radius 3 is 1.93 bits per heavy atom. The number of nitrogens with zero attached hydrogens (tertiary/aromatic N) is 1. The highest BCUT2D eigenvalue weighted by Gasteiger charge is 2.25. The van der Waals surface area contributed by atoms with Crippen LogP contribution in [0.3, 0.4) is 0 Å². The number of likely N-dealkylation sites (N-methyl/N-ethyl adjacent to an activating group) is 1. The Bertz CT molecular complexity index is 1270. The molecule has 6 nitrogen and oxygen atoms in total. The van der Waals surface area contributed by atoms with E-state index in [2.05, 4.69) is 106 Å². The van der Waals surface area contributed by atoms with Crippen LogP contribution in [0.4, 0.5) is 0 Å². The fourth-order valence-electron chi connectivity index (χ4n) is 4.57. The topological polar surface area (TPSA) is 70.7 Å². The molecule has 0 saturated heterocycles. The predicted molar refractivity (Wildman–Crippen MR) is 183 cm³/mol. The minimum absolute atomic E-state index is 0.00117. The Labute approximate surface area is 266 Å². The van der Waals surface area contributed by atoms with Gasteiger partial charge in [-0.1, -0.05) is 107 Å². The monoisotopic (exact) mass is 601 g/mol. The van der Waals surface area contributed by atoms with E-state index in [0.29, 0.717) is 19.1 Å². The third kappa shape index (κ3) is 14.2. The van der Waals surface area contributed by atoms with Crippen LogP contribution >= 0.6 is 0 Å². The van der Waals surface area contributed by atoms with Crippen molar-refractivity contribution >= 4 is 11.8 Å². The molecule has 1 unspecified atom stereocenters. The molecule has 0 aliphatic heterocycles. The second kappa shape index (κ2) is 17.0. The van der Waals surface area contributed by atoms with Gasteiger partial charge in [0.15, 0.2) is 0 Å². The minimum Gasteiger partial charge on any atom is -0.489 e. The first-order valence-corrected chi connectivity index (χ1v) is 15.7. The summed E-state index contributed by atoms with van der Waals surface area (Å²) in [5, 5.41) is 5.69. The fourth-order valence-corrected chi connectivity index (χ4v) is 4.57. The number of hydrogen-bond acceptors (Lipinski definition) is 4. The maximum Gasteiger partial charge on any atom is 0.239 e. The predicted octanol–water partition coefficient (Wildman–Crippen LogP) is 7.44. The van der Waals surface area contributed by atoms with Crippen LogP contribution in [0.15, 0.2) is 78.9 Å². The second-order valence-electron chi connectivity index (χ2n) is 14.1. The third-order valence-electron chi connectivity index (χ3n) is 6.99. The number of nitrogens with one attached hydrogen (secondary N) is 2. The van der Waals surface area contributed by atoms with Crippen LogP contribution in [0.1, 0.15) is 84.1 Å². The average molecular weight is 602 g/mol.